The highest BCUT2D eigenvalue weighted by molar-refractivity contribution is 6.14. The molecule has 0 radical (unpaired) electrons. The summed E-state index contributed by atoms with van der Waals surface area (Å²) < 4.78 is 2.27. The van der Waals surface area contributed by atoms with Gasteiger partial charge >= 0.3 is 0 Å². The van der Waals surface area contributed by atoms with Crippen LogP contribution in [0.3, 0.4) is 0 Å². The number of fused-ring (bicyclic) bond motifs is 8. The Kier molecular flexibility index (Phi) is 3.34. The van der Waals surface area contributed by atoms with E-state index in [0.29, 0.717) is 0 Å². The van der Waals surface area contributed by atoms with Gasteiger partial charge in [-0.25, -0.2) is 9.97 Å². The van der Waals surface area contributed by atoms with Gasteiger partial charge in [-0.1, -0.05) is 62.4 Å². The van der Waals surface area contributed by atoms with Crippen molar-refractivity contribution in [2.45, 2.75) is 19.3 Å². The van der Waals surface area contributed by atoms with E-state index in [4.69, 9.17) is 0 Å². The Labute approximate surface area is 186 Å². The van der Waals surface area contributed by atoms with Crippen LogP contribution >= 0.6 is 0 Å². The van der Waals surface area contributed by atoms with Crippen molar-refractivity contribution in [3.63, 3.8) is 0 Å². The Morgan fingerprint density at radius 2 is 1.53 bits per heavy atom. The van der Waals surface area contributed by atoms with E-state index in [-0.39, 0.29) is 5.41 Å². The van der Waals surface area contributed by atoms with Gasteiger partial charge in [-0.3, -0.25) is 4.57 Å². The monoisotopic (exact) mass is 411 g/mol. The first-order valence-electron chi connectivity index (χ1n) is 11.0. The molecule has 0 saturated carbocycles. The molecule has 7 rings (SSSR count). The molecule has 2 heterocycles. The van der Waals surface area contributed by atoms with Crippen molar-refractivity contribution in [1.82, 2.24) is 14.5 Å². The van der Waals surface area contributed by atoms with E-state index in [1.165, 1.54) is 54.8 Å². The summed E-state index contributed by atoms with van der Waals surface area (Å²) in [5, 5.41) is 5.18. The normalized spacial score (nSPS) is 14.2. The Balaban J connectivity index is 1.65. The van der Waals surface area contributed by atoms with Crippen LogP contribution in [0, 0.1) is 0 Å². The van der Waals surface area contributed by atoms with Crippen molar-refractivity contribution in [2.75, 3.05) is 0 Å². The van der Waals surface area contributed by atoms with Crippen LogP contribution in [0.1, 0.15) is 25.0 Å². The summed E-state index contributed by atoms with van der Waals surface area (Å²) in [6.07, 6.45) is 3.43. The molecule has 2 aromatic heterocycles. The maximum Gasteiger partial charge on any atom is 0.140 e. The third kappa shape index (κ3) is 2.15. The summed E-state index contributed by atoms with van der Waals surface area (Å²) in [4.78, 5) is 8.71. The first-order chi connectivity index (χ1) is 15.6. The third-order valence-corrected chi connectivity index (χ3v) is 7.11. The molecule has 0 unspecified atom stereocenters. The highest BCUT2D eigenvalue weighted by Crippen LogP contribution is 2.53. The quantitative estimate of drug-likeness (QED) is 0.291. The average molecular weight is 412 g/mol. The first kappa shape index (κ1) is 17.7. The molecule has 6 aromatic rings. The number of para-hydroxylation sites is 1. The van der Waals surface area contributed by atoms with E-state index in [9.17, 15) is 0 Å². The molecule has 1 aliphatic rings. The summed E-state index contributed by atoms with van der Waals surface area (Å²) in [5.74, 6) is 0.894. The molecule has 0 fully saturated rings. The molecule has 0 saturated heterocycles. The van der Waals surface area contributed by atoms with E-state index < -0.39 is 0 Å². The number of benzene rings is 4. The van der Waals surface area contributed by atoms with Crippen LogP contribution in [0.5, 0.6) is 0 Å². The number of hydrogen-bond donors (Lipinski definition) is 0. The van der Waals surface area contributed by atoms with E-state index >= 15 is 0 Å². The maximum absolute atomic E-state index is 4.58. The minimum atomic E-state index is -0.102. The van der Waals surface area contributed by atoms with Gasteiger partial charge in [-0.15, -0.1) is 0 Å². The minimum absolute atomic E-state index is 0.102. The fourth-order valence-corrected chi connectivity index (χ4v) is 5.71. The molecule has 0 aliphatic heterocycles. The topological polar surface area (TPSA) is 30.7 Å². The van der Waals surface area contributed by atoms with Gasteiger partial charge in [0.2, 0.25) is 0 Å². The smallest absolute Gasteiger partial charge is 0.140 e. The zero-order chi connectivity index (χ0) is 21.4. The summed E-state index contributed by atoms with van der Waals surface area (Å²) in [7, 11) is 0. The van der Waals surface area contributed by atoms with Gasteiger partial charge in [0.25, 0.3) is 0 Å². The van der Waals surface area contributed by atoms with Crippen LogP contribution in [0.15, 0.2) is 91.4 Å². The van der Waals surface area contributed by atoms with E-state index in [1.54, 1.807) is 6.33 Å². The second-order valence-corrected chi connectivity index (χ2v) is 9.17. The van der Waals surface area contributed by atoms with Gasteiger partial charge in [0, 0.05) is 22.4 Å². The van der Waals surface area contributed by atoms with Crippen molar-refractivity contribution in [3.05, 3.63) is 103 Å². The summed E-state index contributed by atoms with van der Waals surface area (Å²) >= 11 is 0. The van der Waals surface area contributed by atoms with Crippen LogP contribution in [0.25, 0.3) is 49.5 Å². The Hall–Kier alpha value is -3.98. The van der Waals surface area contributed by atoms with Gasteiger partial charge in [0.05, 0.1) is 11.0 Å². The summed E-state index contributed by atoms with van der Waals surface area (Å²) in [5.41, 5.74) is 7.76. The van der Waals surface area contributed by atoms with Crippen molar-refractivity contribution in [1.29, 1.82) is 0 Å². The molecule has 1 aliphatic carbocycles. The first-order valence-corrected chi connectivity index (χ1v) is 11.0. The molecule has 4 aromatic carbocycles. The summed E-state index contributed by atoms with van der Waals surface area (Å²) in [6.45, 7) is 4.73. The standard InChI is InChI=1S/C29H21N3/c1-29(2)23-16-19-8-4-3-7-18(19)15-22(23)20-11-12-25-27(28(20)29)21-9-5-6-10-24(21)32(25)26-13-14-30-17-31-26/h3-17H,1-2H3. The molecule has 3 nitrogen and oxygen atoms in total. The van der Waals surface area contributed by atoms with E-state index in [2.05, 4.69) is 101 Å². The number of hydrogen-bond acceptors (Lipinski definition) is 2. The second kappa shape index (κ2) is 6.04. The molecule has 0 bridgehead atoms. The maximum atomic E-state index is 4.58. The van der Waals surface area contributed by atoms with E-state index in [1.807, 2.05) is 12.3 Å². The molecule has 3 heteroatoms. The number of nitrogens with zero attached hydrogens (tertiary/aromatic N) is 3. The molecular weight excluding hydrogens is 390 g/mol. The van der Waals surface area contributed by atoms with Crippen LogP contribution in [-0.4, -0.2) is 14.5 Å². The fourth-order valence-electron chi connectivity index (χ4n) is 5.71. The Morgan fingerprint density at radius 1 is 0.750 bits per heavy atom. The van der Waals surface area contributed by atoms with Crippen LogP contribution in [-0.2, 0) is 5.41 Å². The summed E-state index contributed by atoms with van der Waals surface area (Å²) in [6, 6.07) is 28.6. The molecule has 0 amide bonds. The Morgan fingerprint density at radius 3 is 2.34 bits per heavy atom. The fraction of sp³-hybridized carbons (Fsp3) is 0.103. The molecular formula is C29H21N3. The Bertz CT molecular complexity index is 1690. The van der Waals surface area contributed by atoms with Crippen molar-refractivity contribution >= 4 is 32.6 Å². The van der Waals surface area contributed by atoms with Gasteiger partial charge in [-0.2, -0.15) is 0 Å². The predicted molar refractivity (Wildman–Crippen MR) is 131 cm³/mol. The lowest BCUT2D eigenvalue weighted by Gasteiger charge is -2.23. The zero-order valence-electron chi connectivity index (χ0n) is 18.0. The number of aromatic nitrogens is 3. The SMILES string of the molecule is CC1(C)c2cc3ccccc3cc2-c2ccc3c(c21)c1ccccc1n3-c1ccncn1. The minimum Gasteiger partial charge on any atom is -0.294 e. The zero-order valence-corrected chi connectivity index (χ0v) is 18.0. The predicted octanol–water partition coefficient (Wildman–Crippen LogP) is 7.03. The molecule has 32 heavy (non-hydrogen) atoms. The van der Waals surface area contributed by atoms with Gasteiger partial charge in [-0.05, 0) is 63.4 Å². The molecule has 0 atom stereocenters. The van der Waals surface area contributed by atoms with Crippen LogP contribution < -0.4 is 0 Å². The lowest BCUT2D eigenvalue weighted by atomic mass is 9.80. The highest BCUT2D eigenvalue weighted by Gasteiger charge is 2.38. The molecule has 152 valence electrons. The average Bonchev–Trinajstić information content (AvgIpc) is 3.27. The van der Waals surface area contributed by atoms with Gasteiger partial charge < -0.3 is 0 Å². The second-order valence-electron chi connectivity index (χ2n) is 9.17. The van der Waals surface area contributed by atoms with Gasteiger partial charge in [0.15, 0.2) is 0 Å². The largest absolute Gasteiger partial charge is 0.294 e. The number of rotatable bonds is 1. The van der Waals surface area contributed by atoms with E-state index in [0.717, 1.165) is 5.82 Å². The molecule has 0 N–H and O–H groups in total. The lowest BCUT2D eigenvalue weighted by Crippen LogP contribution is -2.15. The lowest BCUT2D eigenvalue weighted by molar-refractivity contribution is 0.667. The highest BCUT2D eigenvalue weighted by atomic mass is 15.1. The van der Waals surface area contributed by atoms with Crippen LogP contribution in [0.4, 0.5) is 0 Å². The van der Waals surface area contributed by atoms with Crippen molar-refractivity contribution in [2.24, 2.45) is 0 Å². The van der Waals surface area contributed by atoms with Gasteiger partial charge in [0.1, 0.15) is 12.1 Å². The molecule has 0 spiro atoms. The van der Waals surface area contributed by atoms with Crippen molar-refractivity contribution < 1.29 is 0 Å². The van der Waals surface area contributed by atoms with Crippen molar-refractivity contribution in [3.8, 4) is 16.9 Å². The third-order valence-electron chi connectivity index (χ3n) is 7.11. The van der Waals surface area contributed by atoms with Crippen LogP contribution in [0.2, 0.25) is 0 Å².